The second kappa shape index (κ2) is 11.9. The van der Waals surface area contributed by atoms with Crippen LogP contribution in [0.3, 0.4) is 0 Å². The molecule has 2 saturated carbocycles. The number of aryl methyl sites for hydroxylation is 1. The lowest BCUT2D eigenvalue weighted by molar-refractivity contribution is 0.183. The molecule has 4 heteroatoms. The van der Waals surface area contributed by atoms with Gasteiger partial charge in [-0.05, 0) is 86.6 Å². The van der Waals surface area contributed by atoms with Gasteiger partial charge in [-0.2, -0.15) is 5.26 Å². The van der Waals surface area contributed by atoms with Gasteiger partial charge in [-0.1, -0.05) is 62.4 Å². The van der Waals surface area contributed by atoms with Crippen molar-refractivity contribution in [3.05, 3.63) is 70.8 Å². The Balaban J connectivity index is 0.00000103. The van der Waals surface area contributed by atoms with Crippen LogP contribution < -0.4 is 0 Å². The molecule has 2 aromatic rings. The minimum atomic E-state index is -1.28. The van der Waals surface area contributed by atoms with Crippen LogP contribution in [-0.4, -0.2) is 24.0 Å². The van der Waals surface area contributed by atoms with Gasteiger partial charge in [0, 0.05) is 19.5 Å². The minimum Gasteiger partial charge on any atom is -0.300 e. The molecule has 1 unspecified atom stereocenters. The van der Waals surface area contributed by atoms with Crippen LogP contribution in [0.15, 0.2) is 48.5 Å². The standard InChI is InChI=1S/C28H37F2N.C2H3N/c1-3-19-31(20-14-22-8-6-5-7-9-22)24(4-2)12-10-23-11-13-25(27(29)15-16-27)26(21-23)28(30)17-18-28;1-2-3/h5-9,11,13,21,24H,3-4,10,12,14-20H2,1-2H3;1H3. The van der Waals surface area contributed by atoms with Crippen molar-refractivity contribution in [2.45, 2.75) is 95.9 Å². The Morgan fingerprint density at radius 1 is 0.882 bits per heavy atom. The van der Waals surface area contributed by atoms with Crippen molar-refractivity contribution in [2.24, 2.45) is 0 Å². The van der Waals surface area contributed by atoms with E-state index in [0.717, 1.165) is 50.8 Å². The molecule has 0 aliphatic heterocycles. The Morgan fingerprint density at radius 3 is 2.06 bits per heavy atom. The highest BCUT2D eigenvalue weighted by molar-refractivity contribution is 5.44. The normalized spacial score (nSPS) is 17.9. The molecule has 34 heavy (non-hydrogen) atoms. The number of halogens is 2. The van der Waals surface area contributed by atoms with E-state index in [9.17, 15) is 4.39 Å². The average Bonchev–Trinajstić information content (AvgIpc) is 3.77. The fraction of sp³-hybridized carbons (Fsp3) is 0.567. The van der Waals surface area contributed by atoms with Crippen LogP contribution in [0.1, 0.15) is 88.0 Å². The van der Waals surface area contributed by atoms with Gasteiger partial charge < -0.3 is 4.90 Å². The summed E-state index contributed by atoms with van der Waals surface area (Å²) < 4.78 is 29.8. The van der Waals surface area contributed by atoms with Crippen LogP contribution in [0, 0.1) is 11.3 Å². The Kier molecular flexibility index (Phi) is 9.25. The molecule has 0 N–H and O–H groups in total. The van der Waals surface area contributed by atoms with E-state index in [0.29, 0.717) is 42.9 Å². The molecule has 0 aromatic heterocycles. The van der Waals surface area contributed by atoms with E-state index < -0.39 is 11.3 Å². The first kappa shape index (κ1) is 26.4. The van der Waals surface area contributed by atoms with E-state index in [1.807, 2.05) is 18.2 Å². The lowest BCUT2D eigenvalue weighted by Gasteiger charge is -2.31. The van der Waals surface area contributed by atoms with E-state index in [-0.39, 0.29) is 0 Å². The van der Waals surface area contributed by atoms with Gasteiger partial charge in [0.2, 0.25) is 0 Å². The summed E-state index contributed by atoms with van der Waals surface area (Å²) in [4.78, 5) is 2.63. The first-order valence-corrected chi connectivity index (χ1v) is 13.0. The van der Waals surface area contributed by atoms with Crippen LogP contribution in [0.2, 0.25) is 0 Å². The topological polar surface area (TPSA) is 27.0 Å². The van der Waals surface area contributed by atoms with Crippen molar-refractivity contribution < 1.29 is 8.78 Å². The molecule has 2 fully saturated rings. The summed E-state index contributed by atoms with van der Waals surface area (Å²) in [6.45, 7) is 8.12. The number of alkyl halides is 2. The lowest BCUT2D eigenvalue weighted by atomic mass is 9.92. The molecule has 2 nitrogen and oxygen atoms in total. The van der Waals surface area contributed by atoms with E-state index in [1.165, 1.54) is 12.5 Å². The number of hydrogen-bond acceptors (Lipinski definition) is 2. The number of nitrogens with zero attached hydrogens (tertiary/aromatic N) is 2. The molecular formula is C30H40F2N2. The number of rotatable bonds is 12. The zero-order valence-corrected chi connectivity index (χ0v) is 21.1. The van der Waals surface area contributed by atoms with Crippen molar-refractivity contribution in [2.75, 3.05) is 13.1 Å². The van der Waals surface area contributed by atoms with Gasteiger partial charge in [0.15, 0.2) is 0 Å². The second-order valence-corrected chi connectivity index (χ2v) is 9.91. The molecule has 4 rings (SSSR count). The summed E-state index contributed by atoms with van der Waals surface area (Å²) in [5, 5.41) is 7.32. The first-order chi connectivity index (χ1) is 16.4. The summed E-state index contributed by atoms with van der Waals surface area (Å²) in [6, 6.07) is 18.9. The van der Waals surface area contributed by atoms with Crippen molar-refractivity contribution in [1.29, 1.82) is 5.26 Å². The summed E-state index contributed by atoms with van der Waals surface area (Å²) in [5.74, 6) is 0. The Labute approximate surface area is 205 Å². The fourth-order valence-electron chi connectivity index (χ4n) is 4.93. The lowest BCUT2D eigenvalue weighted by Crippen LogP contribution is -2.37. The summed E-state index contributed by atoms with van der Waals surface area (Å²) in [7, 11) is 0. The Bertz CT molecular complexity index is 942. The van der Waals surface area contributed by atoms with E-state index in [1.54, 1.807) is 6.07 Å². The minimum absolute atomic E-state index is 0.517. The van der Waals surface area contributed by atoms with Crippen molar-refractivity contribution in [3.63, 3.8) is 0 Å². The van der Waals surface area contributed by atoms with E-state index >= 15 is 4.39 Å². The highest BCUT2D eigenvalue weighted by atomic mass is 19.1. The van der Waals surface area contributed by atoms with Gasteiger partial charge in [-0.15, -0.1) is 0 Å². The smallest absolute Gasteiger partial charge is 0.136 e. The van der Waals surface area contributed by atoms with Crippen LogP contribution in [0.4, 0.5) is 8.78 Å². The van der Waals surface area contributed by atoms with Crippen molar-refractivity contribution in [3.8, 4) is 6.07 Å². The summed E-state index contributed by atoms with van der Waals surface area (Å²) >= 11 is 0. The molecule has 184 valence electrons. The molecule has 0 radical (unpaired) electrons. The maximum absolute atomic E-state index is 15.0. The molecule has 2 aliphatic carbocycles. The van der Waals surface area contributed by atoms with Crippen molar-refractivity contribution >= 4 is 0 Å². The molecule has 0 heterocycles. The van der Waals surface area contributed by atoms with E-state index in [4.69, 9.17) is 5.26 Å². The predicted molar refractivity (Wildman–Crippen MR) is 136 cm³/mol. The zero-order valence-electron chi connectivity index (χ0n) is 21.1. The monoisotopic (exact) mass is 466 g/mol. The van der Waals surface area contributed by atoms with Gasteiger partial charge in [0.05, 0.1) is 6.07 Å². The highest BCUT2D eigenvalue weighted by Gasteiger charge is 2.53. The van der Waals surface area contributed by atoms with Gasteiger partial charge in [0.25, 0.3) is 0 Å². The molecule has 0 saturated heterocycles. The molecule has 0 amide bonds. The quantitative estimate of drug-likeness (QED) is 0.319. The van der Waals surface area contributed by atoms with Crippen LogP contribution in [-0.2, 0) is 24.2 Å². The van der Waals surface area contributed by atoms with Gasteiger partial charge in [-0.3, -0.25) is 0 Å². The first-order valence-electron chi connectivity index (χ1n) is 13.0. The summed E-state index contributed by atoms with van der Waals surface area (Å²) in [5.41, 5.74) is 1.27. The summed E-state index contributed by atoms with van der Waals surface area (Å²) in [6.07, 6.45) is 7.48. The largest absolute Gasteiger partial charge is 0.300 e. The molecule has 2 aliphatic rings. The average molecular weight is 467 g/mol. The number of nitriles is 1. The fourth-order valence-corrected chi connectivity index (χ4v) is 4.93. The van der Waals surface area contributed by atoms with Gasteiger partial charge in [0.1, 0.15) is 11.3 Å². The van der Waals surface area contributed by atoms with Crippen LogP contribution >= 0.6 is 0 Å². The third-order valence-electron chi connectivity index (χ3n) is 7.22. The maximum Gasteiger partial charge on any atom is 0.136 e. The molecule has 0 bridgehead atoms. The van der Waals surface area contributed by atoms with Gasteiger partial charge in [-0.25, -0.2) is 8.78 Å². The second-order valence-electron chi connectivity index (χ2n) is 9.91. The SMILES string of the molecule is CC#N.CCCN(CCc1ccccc1)C(CC)CCc1ccc(C2(F)CC2)c(C2(F)CC2)c1. The van der Waals surface area contributed by atoms with Gasteiger partial charge >= 0.3 is 0 Å². The predicted octanol–water partition coefficient (Wildman–Crippen LogP) is 7.80. The highest BCUT2D eigenvalue weighted by Crippen LogP contribution is 2.58. The third-order valence-corrected chi connectivity index (χ3v) is 7.22. The third kappa shape index (κ3) is 6.89. The number of benzene rings is 2. The molecule has 0 spiro atoms. The Hall–Kier alpha value is -2.25. The Morgan fingerprint density at radius 2 is 1.50 bits per heavy atom. The van der Waals surface area contributed by atoms with E-state index in [2.05, 4.69) is 49.1 Å². The number of hydrogen-bond donors (Lipinski definition) is 0. The van der Waals surface area contributed by atoms with Crippen LogP contribution in [0.5, 0.6) is 0 Å². The van der Waals surface area contributed by atoms with Crippen LogP contribution in [0.25, 0.3) is 0 Å². The molecular weight excluding hydrogens is 426 g/mol. The molecule has 1 atom stereocenters. The zero-order chi connectivity index (χ0) is 24.6. The van der Waals surface area contributed by atoms with Crippen molar-refractivity contribution in [1.82, 2.24) is 4.90 Å². The molecule has 2 aromatic carbocycles. The maximum atomic E-state index is 15.0.